The maximum atomic E-state index is 13.2. The molecule has 3 fully saturated rings. The van der Waals surface area contributed by atoms with Crippen LogP contribution in [0.2, 0.25) is 0 Å². The van der Waals surface area contributed by atoms with Crippen molar-refractivity contribution in [1.82, 2.24) is 0 Å². The number of benzene rings is 2. The third kappa shape index (κ3) is 1.93. The summed E-state index contributed by atoms with van der Waals surface area (Å²) in [6, 6.07) is 17.3. The zero-order chi connectivity index (χ0) is 19.0. The van der Waals surface area contributed by atoms with Gasteiger partial charge in [0.1, 0.15) is 6.10 Å². The first-order chi connectivity index (χ1) is 13.6. The van der Waals surface area contributed by atoms with Crippen LogP contribution < -0.4 is 4.90 Å². The van der Waals surface area contributed by atoms with Gasteiger partial charge in [0.2, 0.25) is 11.8 Å². The molecule has 0 unspecified atom stereocenters. The van der Waals surface area contributed by atoms with Gasteiger partial charge in [-0.2, -0.15) is 0 Å². The first-order valence-corrected chi connectivity index (χ1v) is 9.54. The third-order valence-electron chi connectivity index (χ3n) is 6.40. The summed E-state index contributed by atoms with van der Waals surface area (Å²) in [5, 5.41) is 4.30. The molecule has 0 spiro atoms. The van der Waals surface area contributed by atoms with Crippen molar-refractivity contribution in [3.05, 3.63) is 65.7 Å². The van der Waals surface area contributed by atoms with Gasteiger partial charge in [0.15, 0.2) is 6.10 Å². The zero-order valence-corrected chi connectivity index (χ0v) is 15.2. The van der Waals surface area contributed by atoms with Crippen LogP contribution in [0.15, 0.2) is 59.8 Å². The Labute approximate surface area is 161 Å². The van der Waals surface area contributed by atoms with Crippen molar-refractivity contribution in [2.45, 2.75) is 25.2 Å². The van der Waals surface area contributed by atoms with Crippen molar-refractivity contribution in [1.29, 1.82) is 0 Å². The molecule has 0 saturated carbocycles. The molecule has 0 aromatic heterocycles. The largest absolute Gasteiger partial charge is 0.389 e. The second kappa shape index (κ2) is 5.52. The van der Waals surface area contributed by atoms with E-state index in [9.17, 15) is 9.59 Å². The number of rotatable bonds is 2. The van der Waals surface area contributed by atoms with Crippen LogP contribution in [0.4, 0.5) is 5.69 Å². The smallest absolute Gasteiger partial charge is 0.240 e. The minimum absolute atomic E-state index is 0.122. The summed E-state index contributed by atoms with van der Waals surface area (Å²) in [6.07, 6.45) is -1.12. The Morgan fingerprint density at radius 1 is 0.821 bits per heavy atom. The summed E-state index contributed by atoms with van der Waals surface area (Å²) >= 11 is 0. The molecule has 3 saturated heterocycles. The summed E-state index contributed by atoms with van der Waals surface area (Å²) in [7, 11) is 0. The molecule has 0 radical (unpaired) electrons. The van der Waals surface area contributed by atoms with E-state index in [0.717, 1.165) is 16.8 Å². The fraction of sp³-hybridized carbons (Fsp3) is 0.318. The topological polar surface area (TPSA) is 68.2 Å². The number of anilines is 1. The van der Waals surface area contributed by atoms with E-state index in [-0.39, 0.29) is 29.9 Å². The molecule has 6 atom stereocenters. The van der Waals surface area contributed by atoms with Gasteiger partial charge in [-0.05, 0) is 24.6 Å². The number of aryl methyl sites for hydroxylation is 1. The van der Waals surface area contributed by atoms with Crippen molar-refractivity contribution in [2.24, 2.45) is 22.9 Å². The molecule has 0 aliphatic carbocycles. The molecule has 6 heteroatoms. The van der Waals surface area contributed by atoms with Crippen molar-refractivity contribution < 1.29 is 19.2 Å². The molecule has 6 nitrogen and oxygen atoms in total. The number of carbonyl (C=O) groups is 2. The first-order valence-electron chi connectivity index (χ1n) is 9.54. The number of hydrogen-bond donors (Lipinski definition) is 0. The zero-order valence-electron chi connectivity index (χ0n) is 15.2. The monoisotopic (exact) mass is 374 g/mol. The Bertz CT molecular complexity index is 1020. The SMILES string of the molecule is Cc1ccc(N2C(=O)[C@@H]3[C@@H]4O[C@@H]([C@H]5C(c6ccccc6)=NO[C@@H]45)[C@@H]3C2=O)cc1. The van der Waals surface area contributed by atoms with Gasteiger partial charge in [0.05, 0.1) is 35.3 Å². The number of ether oxygens (including phenoxy) is 1. The van der Waals surface area contributed by atoms with E-state index >= 15 is 0 Å². The highest BCUT2D eigenvalue weighted by Gasteiger charge is 2.72. The van der Waals surface area contributed by atoms with E-state index in [2.05, 4.69) is 5.16 Å². The molecule has 28 heavy (non-hydrogen) atoms. The van der Waals surface area contributed by atoms with Crippen molar-refractivity contribution >= 4 is 23.2 Å². The van der Waals surface area contributed by atoms with Crippen LogP contribution in [-0.4, -0.2) is 35.8 Å². The number of hydrogen-bond acceptors (Lipinski definition) is 5. The molecule has 2 bridgehead atoms. The second-order valence-corrected chi connectivity index (χ2v) is 7.90. The predicted molar refractivity (Wildman–Crippen MR) is 101 cm³/mol. The van der Waals surface area contributed by atoms with Crippen LogP contribution in [0.25, 0.3) is 0 Å². The van der Waals surface area contributed by atoms with Crippen molar-refractivity contribution in [3.8, 4) is 0 Å². The maximum absolute atomic E-state index is 13.2. The Morgan fingerprint density at radius 3 is 2.21 bits per heavy atom. The summed E-state index contributed by atoms with van der Waals surface area (Å²) < 4.78 is 6.13. The number of carbonyl (C=O) groups excluding carboxylic acids is 2. The third-order valence-corrected chi connectivity index (χ3v) is 6.40. The van der Waals surface area contributed by atoms with Gasteiger partial charge in [-0.3, -0.25) is 9.59 Å². The highest BCUT2D eigenvalue weighted by atomic mass is 16.7. The van der Waals surface area contributed by atoms with E-state index in [1.165, 1.54) is 4.90 Å². The summed E-state index contributed by atoms with van der Waals surface area (Å²) in [6.45, 7) is 1.98. The molecular weight excluding hydrogens is 356 g/mol. The fourth-order valence-electron chi connectivity index (χ4n) is 5.15. The van der Waals surface area contributed by atoms with E-state index in [4.69, 9.17) is 9.57 Å². The van der Waals surface area contributed by atoms with Crippen LogP contribution in [0.3, 0.4) is 0 Å². The molecule has 6 rings (SSSR count). The van der Waals surface area contributed by atoms with Gasteiger partial charge in [-0.15, -0.1) is 0 Å². The molecule has 2 amide bonds. The average Bonchev–Trinajstić information content (AvgIpc) is 3.44. The number of fused-ring (bicyclic) bond motifs is 8. The standard InChI is InChI=1S/C22H18N2O4/c1-11-7-9-13(10-8-11)24-21(25)14-15(22(24)26)19-20-16(18(14)27-19)17(23-28-20)12-5-3-2-4-6-12/h2-10,14-16,18-20H,1H3/t14-,15+,16-,18-,19+,20-/m1/s1. The predicted octanol–water partition coefficient (Wildman–Crippen LogP) is 2.30. The average molecular weight is 374 g/mol. The molecule has 2 aromatic rings. The lowest BCUT2D eigenvalue weighted by atomic mass is 9.71. The van der Waals surface area contributed by atoms with Crippen LogP contribution in [0, 0.1) is 24.7 Å². The maximum Gasteiger partial charge on any atom is 0.240 e. The van der Waals surface area contributed by atoms with Crippen LogP contribution in [-0.2, 0) is 19.2 Å². The van der Waals surface area contributed by atoms with Crippen LogP contribution >= 0.6 is 0 Å². The molecular formula is C22H18N2O4. The van der Waals surface area contributed by atoms with E-state index in [1.807, 2.05) is 61.5 Å². The normalized spacial score (nSPS) is 35.0. The van der Waals surface area contributed by atoms with Gasteiger partial charge in [0, 0.05) is 0 Å². The summed E-state index contributed by atoms with van der Waals surface area (Å²) in [5.41, 5.74) is 3.48. The van der Waals surface area contributed by atoms with E-state index in [1.54, 1.807) is 0 Å². The van der Waals surface area contributed by atoms with Crippen molar-refractivity contribution in [2.75, 3.05) is 4.90 Å². The van der Waals surface area contributed by atoms with E-state index in [0.29, 0.717) is 5.69 Å². The Hall–Kier alpha value is -2.99. The van der Waals surface area contributed by atoms with Crippen molar-refractivity contribution in [3.63, 3.8) is 0 Å². The summed E-state index contributed by atoms with van der Waals surface area (Å²) in [5.74, 6) is -1.46. The number of oxime groups is 1. The van der Waals surface area contributed by atoms with Gasteiger partial charge in [0.25, 0.3) is 0 Å². The minimum atomic E-state index is -0.495. The van der Waals surface area contributed by atoms with Gasteiger partial charge < -0.3 is 9.57 Å². The van der Waals surface area contributed by atoms with Gasteiger partial charge in [-0.25, -0.2) is 4.90 Å². The van der Waals surface area contributed by atoms with Gasteiger partial charge >= 0.3 is 0 Å². The molecule has 140 valence electrons. The molecule has 2 aromatic carbocycles. The second-order valence-electron chi connectivity index (χ2n) is 7.90. The molecule has 4 aliphatic heterocycles. The molecule has 4 aliphatic rings. The van der Waals surface area contributed by atoms with Crippen LogP contribution in [0.1, 0.15) is 11.1 Å². The Kier molecular flexibility index (Phi) is 3.15. The van der Waals surface area contributed by atoms with E-state index < -0.39 is 17.9 Å². The highest BCUT2D eigenvalue weighted by Crippen LogP contribution is 2.55. The molecule has 4 heterocycles. The lowest BCUT2D eigenvalue weighted by Gasteiger charge is -2.26. The lowest BCUT2D eigenvalue weighted by molar-refractivity contribution is -0.125. The number of nitrogens with zero attached hydrogens (tertiary/aromatic N) is 2. The quantitative estimate of drug-likeness (QED) is 0.757. The lowest BCUT2D eigenvalue weighted by Crippen LogP contribution is -2.45. The van der Waals surface area contributed by atoms with Gasteiger partial charge in [-0.1, -0.05) is 53.2 Å². The Balaban J connectivity index is 1.36. The first kappa shape index (κ1) is 16.0. The highest BCUT2D eigenvalue weighted by molar-refractivity contribution is 6.23. The molecule has 0 N–H and O–H groups in total. The number of imide groups is 1. The summed E-state index contributed by atoms with van der Waals surface area (Å²) in [4.78, 5) is 33.4. The fourth-order valence-corrected chi connectivity index (χ4v) is 5.15. The van der Waals surface area contributed by atoms with Crippen LogP contribution in [0.5, 0.6) is 0 Å². The minimum Gasteiger partial charge on any atom is -0.389 e. The number of amides is 2. The Morgan fingerprint density at radius 2 is 1.50 bits per heavy atom.